The molecule has 1 aromatic rings. The van der Waals surface area contributed by atoms with Crippen LogP contribution in [0.5, 0.6) is 5.75 Å². The van der Waals surface area contributed by atoms with Crippen molar-refractivity contribution in [3.63, 3.8) is 0 Å². The maximum absolute atomic E-state index is 13.0. The molecule has 1 aromatic carbocycles. The Kier molecular flexibility index (Phi) is 2.14. The molecule has 1 atom stereocenters. The standard InChI is InChI=1S/C9H9ClFNO/c10-6-3-5-8(12)1-2-13-9(5)4-7(6)11/h3-4,8H,1-2,12H2. The van der Waals surface area contributed by atoms with Gasteiger partial charge in [-0.15, -0.1) is 0 Å². The Labute approximate surface area is 80.4 Å². The summed E-state index contributed by atoms with van der Waals surface area (Å²) in [5, 5.41) is 0.0969. The van der Waals surface area contributed by atoms with Gasteiger partial charge in [0.15, 0.2) is 0 Å². The first kappa shape index (κ1) is 8.78. The average Bonchev–Trinajstić information content (AvgIpc) is 2.09. The van der Waals surface area contributed by atoms with E-state index in [1.54, 1.807) is 0 Å². The van der Waals surface area contributed by atoms with E-state index >= 15 is 0 Å². The summed E-state index contributed by atoms with van der Waals surface area (Å²) in [6.45, 7) is 0.537. The number of hydrogen-bond donors (Lipinski definition) is 1. The lowest BCUT2D eigenvalue weighted by molar-refractivity contribution is 0.267. The van der Waals surface area contributed by atoms with E-state index in [0.717, 1.165) is 12.0 Å². The molecular formula is C9H9ClFNO. The highest BCUT2D eigenvalue weighted by Crippen LogP contribution is 2.34. The number of ether oxygens (including phenoxy) is 1. The third kappa shape index (κ3) is 1.49. The van der Waals surface area contributed by atoms with Gasteiger partial charge in [0.25, 0.3) is 0 Å². The van der Waals surface area contributed by atoms with Gasteiger partial charge in [-0.25, -0.2) is 4.39 Å². The van der Waals surface area contributed by atoms with Crippen molar-refractivity contribution < 1.29 is 9.13 Å². The summed E-state index contributed by atoms with van der Waals surface area (Å²) in [6.07, 6.45) is 0.745. The molecule has 0 aliphatic carbocycles. The normalized spacial score (nSPS) is 20.7. The van der Waals surface area contributed by atoms with Gasteiger partial charge in [-0.1, -0.05) is 11.6 Å². The highest BCUT2D eigenvalue weighted by molar-refractivity contribution is 6.30. The zero-order valence-corrected chi connectivity index (χ0v) is 7.64. The lowest BCUT2D eigenvalue weighted by Gasteiger charge is -2.22. The predicted molar refractivity (Wildman–Crippen MR) is 48.5 cm³/mol. The molecule has 0 saturated carbocycles. The van der Waals surface area contributed by atoms with E-state index in [-0.39, 0.29) is 11.1 Å². The highest BCUT2D eigenvalue weighted by Gasteiger charge is 2.19. The smallest absolute Gasteiger partial charge is 0.145 e. The van der Waals surface area contributed by atoms with E-state index in [2.05, 4.69) is 0 Å². The molecule has 2 rings (SSSR count). The van der Waals surface area contributed by atoms with Gasteiger partial charge in [-0.05, 0) is 6.07 Å². The second-order valence-electron chi connectivity index (χ2n) is 3.05. The van der Waals surface area contributed by atoms with Crippen molar-refractivity contribution in [2.45, 2.75) is 12.5 Å². The summed E-state index contributed by atoms with van der Waals surface area (Å²) < 4.78 is 18.2. The fraction of sp³-hybridized carbons (Fsp3) is 0.333. The SMILES string of the molecule is NC1CCOc2cc(F)c(Cl)cc21. The van der Waals surface area contributed by atoms with Crippen molar-refractivity contribution in [3.8, 4) is 5.75 Å². The summed E-state index contributed by atoms with van der Waals surface area (Å²) in [4.78, 5) is 0. The highest BCUT2D eigenvalue weighted by atomic mass is 35.5. The van der Waals surface area contributed by atoms with Crippen LogP contribution in [-0.4, -0.2) is 6.61 Å². The minimum Gasteiger partial charge on any atom is -0.493 e. The fourth-order valence-electron chi connectivity index (χ4n) is 1.41. The number of rotatable bonds is 0. The Bertz CT molecular complexity index is 343. The first-order valence-electron chi connectivity index (χ1n) is 4.06. The van der Waals surface area contributed by atoms with Crippen LogP contribution in [0.4, 0.5) is 4.39 Å². The molecule has 70 valence electrons. The molecule has 0 bridgehead atoms. The topological polar surface area (TPSA) is 35.2 Å². The van der Waals surface area contributed by atoms with E-state index in [9.17, 15) is 4.39 Å². The molecular weight excluding hydrogens is 193 g/mol. The van der Waals surface area contributed by atoms with E-state index in [0.29, 0.717) is 12.4 Å². The molecule has 0 amide bonds. The molecule has 13 heavy (non-hydrogen) atoms. The molecule has 2 nitrogen and oxygen atoms in total. The summed E-state index contributed by atoms with van der Waals surface area (Å²) in [5.74, 6) is 0.0511. The van der Waals surface area contributed by atoms with Crippen LogP contribution in [0.3, 0.4) is 0 Å². The maximum Gasteiger partial charge on any atom is 0.145 e. The average molecular weight is 202 g/mol. The first-order valence-corrected chi connectivity index (χ1v) is 4.43. The van der Waals surface area contributed by atoms with Crippen LogP contribution in [0.25, 0.3) is 0 Å². The summed E-state index contributed by atoms with van der Waals surface area (Å²) in [5.41, 5.74) is 6.59. The molecule has 1 aliphatic heterocycles. The van der Waals surface area contributed by atoms with Gasteiger partial charge in [0.2, 0.25) is 0 Å². The summed E-state index contributed by atoms with van der Waals surface area (Å²) in [7, 11) is 0. The number of nitrogens with two attached hydrogens (primary N) is 1. The summed E-state index contributed by atoms with van der Waals surface area (Å²) >= 11 is 5.62. The van der Waals surface area contributed by atoms with Crippen molar-refractivity contribution in [1.82, 2.24) is 0 Å². The predicted octanol–water partition coefficient (Wildman–Crippen LogP) is 2.26. The Morgan fingerprint density at radius 3 is 3.08 bits per heavy atom. The van der Waals surface area contributed by atoms with Crippen molar-refractivity contribution in [2.75, 3.05) is 6.61 Å². The first-order chi connectivity index (χ1) is 6.18. The lowest BCUT2D eigenvalue weighted by Crippen LogP contribution is -2.20. The number of halogens is 2. The molecule has 0 radical (unpaired) electrons. The molecule has 0 spiro atoms. The largest absolute Gasteiger partial charge is 0.493 e. The third-order valence-electron chi connectivity index (χ3n) is 2.14. The van der Waals surface area contributed by atoms with Crippen LogP contribution in [0.2, 0.25) is 5.02 Å². The van der Waals surface area contributed by atoms with Crippen LogP contribution in [0.15, 0.2) is 12.1 Å². The van der Waals surface area contributed by atoms with Gasteiger partial charge >= 0.3 is 0 Å². The van der Waals surface area contributed by atoms with Crippen LogP contribution in [-0.2, 0) is 0 Å². The number of hydrogen-bond acceptors (Lipinski definition) is 2. The molecule has 1 aliphatic rings. The zero-order valence-electron chi connectivity index (χ0n) is 6.89. The lowest BCUT2D eigenvalue weighted by atomic mass is 10.0. The Balaban J connectivity index is 2.52. The summed E-state index contributed by atoms with van der Waals surface area (Å²) in [6, 6.07) is 2.73. The van der Waals surface area contributed by atoms with Gasteiger partial charge in [-0.3, -0.25) is 0 Å². The second-order valence-corrected chi connectivity index (χ2v) is 3.45. The van der Waals surface area contributed by atoms with Crippen LogP contribution < -0.4 is 10.5 Å². The fourth-order valence-corrected chi connectivity index (χ4v) is 1.58. The van der Waals surface area contributed by atoms with E-state index in [1.807, 2.05) is 0 Å². The van der Waals surface area contributed by atoms with E-state index in [4.69, 9.17) is 22.1 Å². The molecule has 1 unspecified atom stereocenters. The Morgan fingerprint density at radius 2 is 2.31 bits per heavy atom. The minimum absolute atomic E-state index is 0.0955. The zero-order chi connectivity index (χ0) is 9.42. The molecule has 0 saturated heterocycles. The van der Waals surface area contributed by atoms with Crippen molar-refractivity contribution in [1.29, 1.82) is 0 Å². The number of benzene rings is 1. The van der Waals surface area contributed by atoms with Crippen LogP contribution in [0.1, 0.15) is 18.0 Å². The molecule has 4 heteroatoms. The quantitative estimate of drug-likeness (QED) is 0.699. The number of fused-ring (bicyclic) bond motifs is 1. The van der Waals surface area contributed by atoms with E-state index < -0.39 is 5.82 Å². The molecule has 0 aromatic heterocycles. The monoisotopic (exact) mass is 201 g/mol. The Hall–Kier alpha value is -0.800. The van der Waals surface area contributed by atoms with Crippen molar-refractivity contribution in [2.24, 2.45) is 5.73 Å². The molecule has 2 N–H and O–H groups in total. The third-order valence-corrected chi connectivity index (χ3v) is 2.43. The van der Waals surface area contributed by atoms with Gasteiger partial charge in [-0.2, -0.15) is 0 Å². The molecule has 0 fully saturated rings. The van der Waals surface area contributed by atoms with Gasteiger partial charge in [0, 0.05) is 24.1 Å². The van der Waals surface area contributed by atoms with Crippen molar-refractivity contribution in [3.05, 3.63) is 28.5 Å². The van der Waals surface area contributed by atoms with Crippen LogP contribution >= 0.6 is 11.6 Å². The maximum atomic E-state index is 13.0. The Morgan fingerprint density at radius 1 is 1.54 bits per heavy atom. The van der Waals surface area contributed by atoms with Gasteiger partial charge < -0.3 is 10.5 Å². The van der Waals surface area contributed by atoms with Crippen LogP contribution in [0, 0.1) is 5.82 Å². The van der Waals surface area contributed by atoms with Gasteiger partial charge in [0.1, 0.15) is 11.6 Å². The van der Waals surface area contributed by atoms with E-state index in [1.165, 1.54) is 12.1 Å². The van der Waals surface area contributed by atoms with Crippen molar-refractivity contribution >= 4 is 11.6 Å². The minimum atomic E-state index is -0.463. The molecule has 1 heterocycles. The van der Waals surface area contributed by atoms with Gasteiger partial charge in [0.05, 0.1) is 11.6 Å². The second kappa shape index (κ2) is 3.16.